The van der Waals surface area contributed by atoms with E-state index in [0.717, 1.165) is 16.3 Å². The van der Waals surface area contributed by atoms with Gasteiger partial charge >= 0.3 is 0 Å². The van der Waals surface area contributed by atoms with Gasteiger partial charge in [-0.2, -0.15) is 0 Å². The van der Waals surface area contributed by atoms with Gasteiger partial charge in [-0.1, -0.05) is 0 Å². The van der Waals surface area contributed by atoms with Crippen molar-refractivity contribution in [3.05, 3.63) is 28.4 Å². The Morgan fingerprint density at radius 3 is 2.00 bits per heavy atom. The molecule has 14 heteroatoms. The molecule has 2 fully saturated rings. The Morgan fingerprint density at radius 1 is 0.758 bits per heavy atom. The lowest BCUT2D eigenvalue weighted by Crippen LogP contribution is -2.64. The summed E-state index contributed by atoms with van der Waals surface area (Å²) in [4.78, 5) is 0. The highest BCUT2D eigenvalue weighted by atomic mass is 127. The molecule has 1 aromatic rings. The average Bonchev–Trinajstić information content (AvgIpc) is 2.79. The van der Waals surface area contributed by atoms with Gasteiger partial charge in [0, 0.05) is 10.7 Å². The number of halogens is 3. The predicted molar refractivity (Wildman–Crippen MR) is 136 cm³/mol. The zero-order chi connectivity index (χ0) is 24.4. The van der Waals surface area contributed by atoms with E-state index in [1.165, 1.54) is 0 Å². The second-order valence-electron chi connectivity index (χ2n) is 7.68. The van der Waals surface area contributed by atoms with Gasteiger partial charge in [0.25, 0.3) is 0 Å². The van der Waals surface area contributed by atoms with Crippen LogP contribution < -0.4 is 0 Å². The summed E-state index contributed by atoms with van der Waals surface area (Å²) >= 11 is 6.57. The van der Waals surface area contributed by atoms with E-state index >= 15 is 0 Å². The number of ether oxygens (including phenoxy) is 4. The maximum atomic E-state index is 10.7. The fraction of sp³-hybridized carbons (Fsp3) is 0.684. The molecule has 7 N–H and O–H groups in total. The summed E-state index contributed by atoms with van der Waals surface area (Å²) in [7, 11) is 0. The average molecular weight is 810 g/mol. The van der Waals surface area contributed by atoms with E-state index in [4.69, 9.17) is 18.9 Å². The first-order valence-corrected chi connectivity index (χ1v) is 13.2. The van der Waals surface area contributed by atoms with Crippen LogP contribution in [-0.2, 0) is 25.6 Å². The number of aliphatic hydroxyl groups is 7. The lowest BCUT2D eigenvalue weighted by atomic mass is 9.97. The minimum atomic E-state index is -1.72. The Labute approximate surface area is 230 Å². The Morgan fingerprint density at radius 2 is 1.36 bits per heavy atom. The van der Waals surface area contributed by atoms with Crippen molar-refractivity contribution < 1.29 is 54.7 Å². The SMILES string of the molecule is OC[C@H]1OC(O[C@H]2[C@H](O)[C@@H](O)C(OCc3cc(I)cc(I)c3I)O[C@@H]2CO)[C@H](O)[C@@H](O)[C@H]1O. The summed E-state index contributed by atoms with van der Waals surface area (Å²) in [5, 5.41) is 70.3. The number of hydrogen-bond donors (Lipinski definition) is 7. The Hall–Kier alpha value is 0.970. The molecule has 10 atom stereocenters. The topological polar surface area (TPSA) is 179 Å². The highest BCUT2D eigenvalue weighted by molar-refractivity contribution is 14.1. The van der Waals surface area contributed by atoms with Gasteiger partial charge in [-0.15, -0.1) is 0 Å². The summed E-state index contributed by atoms with van der Waals surface area (Å²) in [6.45, 7) is -1.20. The van der Waals surface area contributed by atoms with Crippen LogP contribution in [0.25, 0.3) is 0 Å². The maximum Gasteiger partial charge on any atom is 0.187 e. The summed E-state index contributed by atoms with van der Waals surface area (Å²) < 4.78 is 25.1. The fourth-order valence-corrected chi connectivity index (χ4v) is 6.01. The van der Waals surface area contributed by atoms with Gasteiger partial charge in [0.15, 0.2) is 12.6 Å². The highest BCUT2D eigenvalue weighted by Crippen LogP contribution is 2.30. The Bertz CT molecular complexity index is 798. The van der Waals surface area contributed by atoms with Gasteiger partial charge in [0.1, 0.15) is 48.8 Å². The molecule has 0 radical (unpaired) electrons. The molecule has 0 saturated carbocycles. The lowest BCUT2D eigenvalue weighted by Gasteiger charge is -2.45. The third-order valence-electron chi connectivity index (χ3n) is 5.43. The molecule has 2 aliphatic heterocycles. The molecule has 0 bridgehead atoms. The van der Waals surface area contributed by atoms with Crippen LogP contribution in [0.15, 0.2) is 12.1 Å². The van der Waals surface area contributed by atoms with Crippen LogP contribution in [0.5, 0.6) is 0 Å². The second-order valence-corrected chi connectivity index (χ2v) is 11.2. The standard InChI is InChI=1S/C19H25I3O11/c20-7-1-6(11(22)8(21)2-7)5-30-18-16(29)14(27)17(10(4-24)32-18)33-19-15(28)13(26)12(25)9(3-23)31-19/h1-2,9-10,12-19,23-29H,3-5H2/t9-,10-,12+,13+,14-,15-,16-,17-,18?,19?/m1/s1. The number of aliphatic hydroxyl groups excluding tert-OH is 7. The molecule has 0 spiro atoms. The van der Waals surface area contributed by atoms with E-state index in [0.29, 0.717) is 0 Å². The minimum Gasteiger partial charge on any atom is -0.394 e. The quantitative estimate of drug-likeness (QED) is 0.128. The molecule has 188 valence electrons. The Kier molecular flexibility index (Phi) is 10.8. The predicted octanol–water partition coefficient (Wildman–Crippen LogP) is -1.36. The monoisotopic (exact) mass is 810 g/mol. The van der Waals surface area contributed by atoms with Crippen molar-refractivity contribution in [1.82, 2.24) is 0 Å². The molecular weight excluding hydrogens is 785 g/mol. The van der Waals surface area contributed by atoms with E-state index in [1.807, 2.05) is 12.1 Å². The minimum absolute atomic E-state index is 0.0793. The van der Waals surface area contributed by atoms with Crippen LogP contribution in [0, 0.1) is 10.7 Å². The first kappa shape index (κ1) is 28.5. The van der Waals surface area contributed by atoms with Gasteiger partial charge < -0.3 is 54.7 Å². The molecule has 2 saturated heterocycles. The zero-order valence-corrected chi connectivity index (χ0v) is 23.4. The first-order chi connectivity index (χ1) is 15.6. The Balaban J connectivity index is 1.69. The summed E-state index contributed by atoms with van der Waals surface area (Å²) in [6.07, 6.45) is -14.8. The molecule has 0 aromatic heterocycles. The maximum absolute atomic E-state index is 10.7. The van der Waals surface area contributed by atoms with E-state index in [2.05, 4.69) is 67.8 Å². The third kappa shape index (κ3) is 6.46. The molecule has 2 unspecified atom stereocenters. The van der Waals surface area contributed by atoms with E-state index < -0.39 is 74.6 Å². The number of rotatable bonds is 7. The van der Waals surface area contributed by atoms with Crippen molar-refractivity contribution in [3.8, 4) is 0 Å². The zero-order valence-electron chi connectivity index (χ0n) is 16.9. The largest absolute Gasteiger partial charge is 0.394 e. The molecule has 0 amide bonds. The second kappa shape index (κ2) is 12.5. The van der Waals surface area contributed by atoms with Gasteiger partial charge in [0.05, 0.1) is 19.8 Å². The molecule has 1 aromatic carbocycles. The smallest absolute Gasteiger partial charge is 0.187 e. The summed E-state index contributed by atoms with van der Waals surface area (Å²) in [5.41, 5.74) is 0.859. The van der Waals surface area contributed by atoms with Crippen LogP contribution in [0.1, 0.15) is 5.56 Å². The fourth-order valence-electron chi connectivity index (χ4n) is 3.58. The lowest BCUT2D eigenvalue weighted by molar-refractivity contribution is -0.360. The normalized spacial score (nSPS) is 39.6. The molecule has 2 aliphatic rings. The molecule has 3 rings (SSSR count). The van der Waals surface area contributed by atoms with Gasteiger partial charge in [-0.05, 0) is 85.5 Å². The van der Waals surface area contributed by atoms with E-state index in [9.17, 15) is 35.7 Å². The van der Waals surface area contributed by atoms with Crippen molar-refractivity contribution in [3.63, 3.8) is 0 Å². The highest BCUT2D eigenvalue weighted by Gasteiger charge is 2.50. The van der Waals surface area contributed by atoms with Crippen LogP contribution >= 0.6 is 67.8 Å². The van der Waals surface area contributed by atoms with Crippen molar-refractivity contribution in [2.24, 2.45) is 0 Å². The van der Waals surface area contributed by atoms with Crippen molar-refractivity contribution in [2.75, 3.05) is 13.2 Å². The number of hydrogen-bond acceptors (Lipinski definition) is 11. The summed E-state index contributed by atoms with van der Waals surface area (Å²) in [5.74, 6) is 0. The van der Waals surface area contributed by atoms with Gasteiger partial charge in [-0.3, -0.25) is 0 Å². The van der Waals surface area contributed by atoms with Crippen molar-refractivity contribution >= 4 is 67.8 Å². The molecule has 33 heavy (non-hydrogen) atoms. The molecule has 0 aliphatic carbocycles. The third-order valence-corrected chi connectivity index (χ3v) is 9.21. The molecule has 2 heterocycles. The van der Waals surface area contributed by atoms with Crippen molar-refractivity contribution in [1.29, 1.82) is 0 Å². The van der Waals surface area contributed by atoms with Crippen LogP contribution in [-0.4, -0.2) is 110 Å². The molecule has 11 nitrogen and oxygen atoms in total. The van der Waals surface area contributed by atoms with Crippen molar-refractivity contribution in [2.45, 2.75) is 68.0 Å². The van der Waals surface area contributed by atoms with Gasteiger partial charge in [0.2, 0.25) is 0 Å². The van der Waals surface area contributed by atoms with Crippen LogP contribution in [0.2, 0.25) is 0 Å². The van der Waals surface area contributed by atoms with Gasteiger partial charge in [-0.25, -0.2) is 0 Å². The van der Waals surface area contributed by atoms with E-state index in [-0.39, 0.29) is 6.61 Å². The van der Waals surface area contributed by atoms with Crippen LogP contribution in [0.4, 0.5) is 0 Å². The van der Waals surface area contributed by atoms with Crippen LogP contribution in [0.3, 0.4) is 0 Å². The summed E-state index contributed by atoms with van der Waals surface area (Å²) in [6, 6.07) is 3.93. The van der Waals surface area contributed by atoms with E-state index in [1.54, 1.807) is 0 Å². The number of benzene rings is 1. The molecular formula is C19H25I3O11. The first-order valence-electron chi connectivity index (χ1n) is 9.92.